The van der Waals surface area contributed by atoms with Crippen LogP contribution in [0.1, 0.15) is 42.9 Å². The number of H-pyrrole nitrogens is 1. The number of hydrogen-bond donors (Lipinski definition) is 1. The van der Waals surface area contributed by atoms with E-state index < -0.39 is 17.2 Å². The van der Waals surface area contributed by atoms with Crippen molar-refractivity contribution in [1.29, 1.82) is 0 Å². The topological polar surface area (TPSA) is 99.6 Å². The van der Waals surface area contributed by atoms with Crippen molar-refractivity contribution in [3.8, 4) is 11.8 Å². The number of carbonyl (C=O) groups excluding carboxylic acids is 1. The molecule has 0 fully saturated rings. The summed E-state index contributed by atoms with van der Waals surface area (Å²) in [5, 5.41) is 0. The van der Waals surface area contributed by atoms with Gasteiger partial charge in [-0.15, -0.1) is 0 Å². The third-order valence-electron chi connectivity index (χ3n) is 5.63. The third kappa shape index (κ3) is 6.92. The minimum Gasteiger partial charge on any atom is -0.481 e. The summed E-state index contributed by atoms with van der Waals surface area (Å²) in [5.74, 6) is 5.31. The van der Waals surface area contributed by atoms with E-state index in [0.29, 0.717) is 6.42 Å². The highest BCUT2D eigenvalue weighted by atomic mass is 16.6. The van der Waals surface area contributed by atoms with Crippen LogP contribution in [0.2, 0.25) is 0 Å². The lowest BCUT2D eigenvalue weighted by Gasteiger charge is -2.10. The largest absolute Gasteiger partial charge is 0.481 e. The molecule has 0 bridgehead atoms. The highest BCUT2D eigenvalue weighted by Gasteiger charge is 2.34. The molecule has 4 rings (SSSR count). The molecule has 3 aromatic rings. The molecule has 1 N–H and O–H groups in total. The molecule has 0 amide bonds. The van der Waals surface area contributed by atoms with Crippen molar-refractivity contribution in [2.45, 2.75) is 45.9 Å². The van der Waals surface area contributed by atoms with Gasteiger partial charge in [0.15, 0.2) is 5.76 Å². The first kappa shape index (κ1) is 26.3. The van der Waals surface area contributed by atoms with Gasteiger partial charge in [-0.2, -0.15) is 0 Å². The quantitative estimate of drug-likeness (QED) is 0.249. The Kier molecular flexibility index (Phi) is 8.98. The second-order valence-corrected chi connectivity index (χ2v) is 8.52. The van der Waals surface area contributed by atoms with E-state index in [1.165, 1.54) is 16.8 Å². The van der Waals surface area contributed by atoms with E-state index in [1.807, 2.05) is 60.7 Å². The number of allylic oxidation sites excluding steroid dienone is 1. The number of esters is 1. The molecular weight excluding hydrogens is 484 g/mol. The molecule has 1 aliphatic rings. The van der Waals surface area contributed by atoms with Gasteiger partial charge in [-0.1, -0.05) is 85.8 Å². The van der Waals surface area contributed by atoms with E-state index in [0.717, 1.165) is 24.0 Å². The molecular formula is C30H28N2O6. The van der Waals surface area contributed by atoms with E-state index in [1.54, 1.807) is 0 Å². The molecule has 0 saturated carbocycles. The molecule has 0 atom stereocenters. The predicted molar refractivity (Wildman–Crippen MR) is 141 cm³/mol. The minimum atomic E-state index is -0.688. The molecule has 2 aromatic carbocycles. The minimum absolute atomic E-state index is 0.00598. The molecule has 0 aliphatic carbocycles. The SMILES string of the molecule is CCCCC#Cc1cn(C/C=C2\OC(=O)C(OCc3ccccc3)=C2OCc2ccccc2)c(=O)[nH]c1=O. The summed E-state index contributed by atoms with van der Waals surface area (Å²) in [4.78, 5) is 39.6. The Morgan fingerprint density at radius 2 is 1.55 bits per heavy atom. The Hall–Kier alpha value is -4.77. The molecule has 194 valence electrons. The third-order valence-corrected chi connectivity index (χ3v) is 5.63. The molecule has 1 aromatic heterocycles. The van der Waals surface area contributed by atoms with Gasteiger partial charge in [0.1, 0.15) is 18.8 Å². The predicted octanol–water partition coefficient (Wildman–Crippen LogP) is 4.16. The van der Waals surface area contributed by atoms with E-state index >= 15 is 0 Å². The number of aromatic amines is 1. The lowest BCUT2D eigenvalue weighted by Crippen LogP contribution is -2.30. The Morgan fingerprint density at radius 3 is 2.18 bits per heavy atom. The summed E-state index contributed by atoms with van der Waals surface area (Å²) < 4.78 is 18.5. The van der Waals surface area contributed by atoms with Crippen LogP contribution >= 0.6 is 0 Å². The van der Waals surface area contributed by atoms with Gasteiger partial charge in [0.25, 0.3) is 11.3 Å². The summed E-state index contributed by atoms with van der Waals surface area (Å²) in [6, 6.07) is 18.9. The number of ether oxygens (including phenoxy) is 3. The first-order chi connectivity index (χ1) is 18.5. The zero-order chi connectivity index (χ0) is 26.7. The maximum Gasteiger partial charge on any atom is 0.383 e. The van der Waals surface area contributed by atoms with Gasteiger partial charge in [-0.05, 0) is 23.6 Å². The normalized spacial score (nSPS) is 13.7. The zero-order valence-electron chi connectivity index (χ0n) is 21.1. The summed E-state index contributed by atoms with van der Waals surface area (Å²) >= 11 is 0. The molecule has 8 heteroatoms. The van der Waals surface area contributed by atoms with Gasteiger partial charge < -0.3 is 14.2 Å². The van der Waals surface area contributed by atoms with Gasteiger partial charge in [-0.3, -0.25) is 14.3 Å². The first-order valence-corrected chi connectivity index (χ1v) is 12.4. The molecule has 2 heterocycles. The van der Waals surface area contributed by atoms with Crippen LogP contribution in [0.25, 0.3) is 0 Å². The van der Waals surface area contributed by atoms with Crippen molar-refractivity contribution in [2.75, 3.05) is 0 Å². The molecule has 0 spiro atoms. The molecule has 8 nitrogen and oxygen atoms in total. The van der Waals surface area contributed by atoms with Crippen LogP contribution < -0.4 is 11.2 Å². The van der Waals surface area contributed by atoms with Crippen LogP contribution in [0, 0.1) is 11.8 Å². The maximum atomic E-state index is 12.7. The van der Waals surface area contributed by atoms with Crippen molar-refractivity contribution in [2.24, 2.45) is 0 Å². The van der Waals surface area contributed by atoms with Crippen molar-refractivity contribution in [3.63, 3.8) is 0 Å². The number of nitrogens with zero attached hydrogens (tertiary/aromatic N) is 1. The van der Waals surface area contributed by atoms with Crippen molar-refractivity contribution < 1.29 is 19.0 Å². The molecule has 1 aliphatic heterocycles. The zero-order valence-corrected chi connectivity index (χ0v) is 21.1. The van der Waals surface area contributed by atoms with Crippen LogP contribution in [-0.2, 0) is 38.8 Å². The monoisotopic (exact) mass is 512 g/mol. The lowest BCUT2D eigenvalue weighted by atomic mass is 10.2. The summed E-state index contributed by atoms with van der Waals surface area (Å²) in [5.41, 5.74) is 0.805. The number of unbranched alkanes of at least 4 members (excludes halogenated alkanes) is 2. The van der Waals surface area contributed by atoms with Crippen molar-refractivity contribution >= 4 is 5.97 Å². The molecule has 0 radical (unpaired) electrons. The van der Waals surface area contributed by atoms with Crippen LogP contribution in [0.3, 0.4) is 0 Å². The Labute approximate surface area is 220 Å². The highest BCUT2D eigenvalue weighted by molar-refractivity contribution is 5.91. The van der Waals surface area contributed by atoms with Gasteiger partial charge in [0, 0.05) is 19.2 Å². The highest BCUT2D eigenvalue weighted by Crippen LogP contribution is 2.30. The second-order valence-electron chi connectivity index (χ2n) is 8.52. The van der Waals surface area contributed by atoms with E-state index in [9.17, 15) is 14.4 Å². The van der Waals surface area contributed by atoms with Crippen LogP contribution in [0.4, 0.5) is 0 Å². The van der Waals surface area contributed by atoms with Crippen LogP contribution in [0.5, 0.6) is 0 Å². The fourth-order valence-electron chi connectivity index (χ4n) is 3.59. The maximum absolute atomic E-state index is 12.7. The second kappa shape index (κ2) is 13.0. The van der Waals surface area contributed by atoms with E-state index in [2.05, 4.69) is 23.7 Å². The number of carbonyl (C=O) groups is 1. The molecule has 38 heavy (non-hydrogen) atoms. The van der Waals surface area contributed by atoms with Gasteiger partial charge in [0.2, 0.25) is 5.76 Å². The molecule has 0 unspecified atom stereocenters. The number of hydrogen-bond acceptors (Lipinski definition) is 6. The number of nitrogens with one attached hydrogen (secondary N) is 1. The van der Waals surface area contributed by atoms with Crippen molar-refractivity contribution in [1.82, 2.24) is 9.55 Å². The smallest absolute Gasteiger partial charge is 0.383 e. The van der Waals surface area contributed by atoms with E-state index in [4.69, 9.17) is 14.2 Å². The number of cyclic esters (lactones) is 1. The van der Waals surface area contributed by atoms with Gasteiger partial charge in [0.05, 0.1) is 0 Å². The van der Waals surface area contributed by atoms with Gasteiger partial charge in [-0.25, -0.2) is 9.59 Å². The standard InChI is InChI=1S/C30H28N2O6/c1-2-3-4-11-16-24-19-32(30(35)31-28(24)33)18-17-25-26(36-20-22-12-7-5-8-13-22)27(29(34)38-25)37-21-23-14-9-6-10-15-23/h5-10,12-15,17,19H,2-4,18,20-21H2,1H3,(H,31,33,35)/b25-17-. The summed E-state index contributed by atoms with van der Waals surface area (Å²) in [6.07, 6.45) is 5.51. The number of benzene rings is 2. The summed E-state index contributed by atoms with van der Waals surface area (Å²) in [7, 11) is 0. The average molecular weight is 513 g/mol. The number of aromatic nitrogens is 2. The summed E-state index contributed by atoms with van der Waals surface area (Å²) in [6.45, 7) is 2.39. The lowest BCUT2D eigenvalue weighted by molar-refractivity contribution is -0.136. The first-order valence-electron chi connectivity index (χ1n) is 12.4. The van der Waals surface area contributed by atoms with Crippen molar-refractivity contribution in [3.05, 3.63) is 128 Å². The fourth-order valence-corrected chi connectivity index (χ4v) is 3.59. The van der Waals surface area contributed by atoms with Crippen LogP contribution in [0.15, 0.2) is 99.8 Å². The fraction of sp³-hybridized carbons (Fsp3) is 0.233. The Balaban J connectivity index is 1.59. The van der Waals surface area contributed by atoms with E-state index in [-0.39, 0.29) is 42.6 Å². The molecule has 0 saturated heterocycles. The number of rotatable bonds is 10. The Morgan fingerprint density at radius 1 is 0.921 bits per heavy atom. The van der Waals surface area contributed by atoms with Gasteiger partial charge >= 0.3 is 11.7 Å². The average Bonchev–Trinajstić information content (AvgIpc) is 3.24. The van der Waals surface area contributed by atoms with Crippen LogP contribution in [-0.4, -0.2) is 15.5 Å². The Bertz CT molecular complexity index is 1510.